The molecule has 0 radical (unpaired) electrons. The Morgan fingerprint density at radius 3 is 2.78 bits per heavy atom. The van der Waals surface area contributed by atoms with Crippen molar-refractivity contribution in [2.75, 3.05) is 17.2 Å². The Hall–Kier alpha value is -1.37. The molecule has 0 fully saturated rings. The molecule has 7 heteroatoms. The van der Waals surface area contributed by atoms with E-state index in [2.05, 4.69) is 43.5 Å². The van der Waals surface area contributed by atoms with Gasteiger partial charge in [-0.25, -0.2) is 9.97 Å². The molecule has 1 unspecified atom stereocenters. The molecule has 0 saturated carbocycles. The zero-order valence-electron chi connectivity index (χ0n) is 10.5. The second-order valence-electron chi connectivity index (χ2n) is 4.03. The maximum absolute atomic E-state index is 10.8. The van der Waals surface area contributed by atoms with E-state index in [0.29, 0.717) is 5.82 Å². The molecule has 1 aromatic rings. The number of primary amides is 1. The maximum Gasteiger partial charge on any atom is 0.219 e. The SMILES string of the molecule is CCCNc1ncnc(NC(C)CC(N)=O)c1Br. The van der Waals surface area contributed by atoms with Gasteiger partial charge in [-0.15, -0.1) is 0 Å². The smallest absolute Gasteiger partial charge is 0.219 e. The summed E-state index contributed by atoms with van der Waals surface area (Å²) in [6.45, 7) is 4.79. The predicted octanol–water partition coefficient (Wildman–Crippen LogP) is 1.74. The van der Waals surface area contributed by atoms with Crippen molar-refractivity contribution in [2.24, 2.45) is 5.73 Å². The van der Waals surface area contributed by atoms with Gasteiger partial charge in [0, 0.05) is 19.0 Å². The van der Waals surface area contributed by atoms with Gasteiger partial charge in [-0.1, -0.05) is 6.92 Å². The standard InChI is InChI=1S/C11H18BrN5O/c1-3-4-14-10-9(12)11(16-6-15-10)17-7(2)5-8(13)18/h6-7H,3-5H2,1-2H3,(H2,13,18)(H2,14,15,16,17). The molecule has 1 atom stereocenters. The van der Waals surface area contributed by atoms with Crippen LogP contribution in [0.3, 0.4) is 0 Å². The van der Waals surface area contributed by atoms with Crippen LogP contribution in [0.2, 0.25) is 0 Å². The number of carbonyl (C=O) groups excluding carboxylic acids is 1. The Balaban J connectivity index is 2.73. The summed E-state index contributed by atoms with van der Waals surface area (Å²) in [6, 6.07) is -0.0762. The van der Waals surface area contributed by atoms with E-state index in [-0.39, 0.29) is 18.4 Å². The Kier molecular flexibility index (Phi) is 5.84. The van der Waals surface area contributed by atoms with Crippen LogP contribution in [0.1, 0.15) is 26.7 Å². The molecule has 6 nitrogen and oxygen atoms in total. The molecular weight excluding hydrogens is 298 g/mol. The van der Waals surface area contributed by atoms with Gasteiger partial charge in [-0.05, 0) is 29.3 Å². The number of halogens is 1. The fourth-order valence-electron chi connectivity index (χ4n) is 1.42. The molecule has 0 spiro atoms. The number of amides is 1. The molecule has 1 heterocycles. The highest BCUT2D eigenvalue weighted by Crippen LogP contribution is 2.27. The lowest BCUT2D eigenvalue weighted by Crippen LogP contribution is -2.24. The first-order valence-electron chi connectivity index (χ1n) is 5.83. The number of anilines is 2. The van der Waals surface area contributed by atoms with Crippen molar-refractivity contribution < 1.29 is 4.79 Å². The number of nitrogens with one attached hydrogen (secondary N) is 2. The summed E-state index contributed by atoms with van der Waals surface area (Å²) in [5.41, 5.74) is 5.14. The predicted molar refractivity (Wildman–Crippen MR) is 75.4 cm³/mol. The third-order valence-corrected chi connectivity index (χ3v) is 2.97. The largest absolute Gasteiger partial charge is 0.370 e. The molecule has 0 saturated heterocycles. The van der Waals surface area contributed by atoms with Gasteiger partial charge in [0.15, 0.2) is 0 Å². The lowest BCUT2D eigenvalue weighted by Gasteiger charge is -2.15. The van der Waals surface area contributed by atoms with Gasteiger partial charge in [0.25, 0.3) is 0 Å². The van der Waals surface area contributed by atoms with Crippen molar-refractivity contribution >= 4 is 33.5 Å². The number of nitrogens with two attached hydrogens (primary N) is 1. The minimum Gasteiger partial charge on any atom is -0.370 e. The Morgan fingerprint density at radius 1 is 1.50 bits per heavy atom. The first-order valence-corrected chi connectivity index (χ1v) is 6.63. The van der Waals surface area contributed by atoms with E-state index in [0.717, 1.165) is 23.3 Å². The molecule has 0 aliphatic carbocycles. The summed E-state index contributed by atoms with van der Waals surface area (Å²) in [5.74, 6) is 1.04. The van der Waals surface area contributed by atoms with Crippen molar-refractivity contribution in [3.63, 3.8) is 0 Å². The lowest BCUT2D eigenvalue weighted by atomic mass is 10.2. The zero-order chi connectivity index (χ0) is 13.5. The summed E-state index contributed by atoms with van der Waals surface area (Å²) < 4.78 is 0.759. The van der Waals surface area contributed by atoms with Crippen LogP contribution in [0.5, 0.6) is 0 Å². The molecule has 4 N–H and O–H groups in total. The van der Waals surface area contributed by atoms with Crippen molar-refractivity contribution in [1.82, 2.24) is 9.97 Å². The normalized spacial score (nSPS) is 11.9. The molecule has 0 bridgehead atoms. The van der Waals surface area contributed by atoms with Crippen LogP contribution >= 0.6 is 15.9 Å². The lowest BCUT2D eigenvalue weighted by molar-refractivity contribution is -0.118. The molecule has 1 rings (SSSR count). The van der Waals surface area contributed by atoms with Crippen LogP contribution < -0.4 is 16.4 Å². The fourth-order valence-corrected chi connectivity index (χ4v) is 1.88. The fraction of sp³-hybridized carbons (Fsp3) is 0.545. The molecular formula is C11H18BrN5O. The summed E-state index contributed by atoms with van der Waals surface area (Å²) in [4.78, 5) is 19.1. The minimum absolute atomic E-state index is 0.0762. The summed E-state index contributed by atoms with van der Waals surface area (Å²) in [5, 5.41) is 6.31. The van der Waals surface area contributed by atoms with Crippen molar-refractivity contribution in [1.29, 1.82) is 0 Å². The second kappa shape index (κ2) is 7.15. The number of hydrogen-bond donors (Lipinski definition) is 3. The van der Waals surface area contributed by atoms with Gasteiger partial charge < -0.3 is 16.4 Å². The third kappa shape index (κ3) is 4.48. The van der Waals surface area contributed by atoms with Crippen molar-refractivity contribution in [3.8, 4) is 0 Å². The van der Waals surface area contributed by atoms with E-state index >= 15 is 0 Å². The van der Waals surface area contributed by atoms with Crippen LogP contribution in [0, 0.1) is 0 Å². The van der Waals surface area contributed by atoms with Gasteiger partial charge in [-0.3, -0.25) is 4.79 Å². The van der Waals surface area contributed by atoms with Crippen LogP contribution in [0.15, 0.2) is 10.8 Å². The van der Waals surface area contributed by atoms with E-state index in [1.807, 2.05) is 6.92 Å². The highest BCUT2D eigenvalue weighted by atomic mass is 79.9. The van der Waals surface area contributed by atoms with Gasteiger partial charge >= 0.3 is 0 Å². The molecule has 18 heavy (non-hydrogen) atoms. The third-order valence-electron chi connectivity index (χ3n) is 2.22. The Bertz CT molecular complexity index is 412. The molecule has 1 aromatic heterocycles. The summed E-state index contributed by atoms with van der Waals surface area (Å²) in [6.07, 6.45) is 2.74. The van der Waals surface area contributed by atoms with E-state index < -0.39 is 0 Å². The number of aromatic nitrogens is 2. The number of carbonyl (C=O) groups is 1. The first kappa shape index (κ1) is 14.7. The summed E-state index contributed by atoms with van der Waals surface area (Å²) >= 11 is 3.44. The van der Waals surface area contributed by atoms with Crippen molar-refractivity contribution in [2.45, 2.75) is 32.7 Å². The van der Waals surface area contributed by atoms with E-state index in [1.165, 1.54) is 6.33 Å². The Labute approximate surface area is 115 Å². The number of hydrogen-bond acceptors (Lipinski definition) is 5. The average molecular weight is 316 g/mol. The van der Waals surface area contributed by atoms with Gasteiger partial charge in [0.05, 0.1) is 0 Å². The highest BCUT2D eigenvalue weighted by molar-refractivity contribution is 9.10. The second-order valence-corrected chi connectivity index (χ2v) is 4.82. The minimum atomic E-state index is -0.343. The molecule has 100 valence electrons. The van der Waals surface area contributed by atoms with Crippen molar-refractivity contribution in [3.05, 3.63) is 10.8 Å². The topological polar surface area (TPSA) is 92.9 Å². The van der Waals surface area contributed by atoms with E-state index in [4.69, 9.17) is 5.73 Å². The molecule has 0 aliphatic heterocycles. The number of rotatable bonds is 7. The van der Waals surface area contributed by atoms with Gasteiger partial charge in [-0.2, -0.15) is 0 Å². The van der Waals surface area contributed by atoms with Crippen LogP contribution in [-0.2, 0) is 4.79 Å². The van der Waals surface area contributed by atoms with E-state index in [9.17, 15) is 4.79 Å². The average Bonchev–Trinajstić information content (AvgIpc) is 2.29. The quantitative estimate of drug-likeness (QED) is 0.712. The van der Waals surface area contributed by atoms with Gasteiger partial charge in [0.1, 0.15) is 22.4 Å². The Morgan fingerprint density at radius 2 is 2.17 bits per heavy atom. The van der Waals surface area contributed by atoms with E-state index in [1.54, 1.807) is 0 Å². The van der Waals surface area contributed by atoms with Crippen LogP contribution in [-0.4, -0.2) is 28.5 Å². The zero-order valence-corrected chi connectivity index (χ0v) is 12.1. The number of nitrogens with zero attached hydrogens (tertiary/aromatic N) is 2. The molecule has 0 aliphatic rings. The monoisotopic (exact) mass is 315 g/mol. The summed E-state index contributed by atoms with van der Waals surface area (Å²) in [7, 11) is 0. The maximum atomic E-state index is 10.8. The molecule has 0 aromatic carbocycles. The van der Waals surface area contributed by atoms with Crippen LogP contribution in [0.25, 0.3) is 0 Å². The van der Waals surface area contributed by atoms with Gasteiger partial charge in [0.2, 0.25) is 5.91 Å². The first-order chi connectivity index (χ1) is 8.54. The van der Waals surface area contributed by atoms with Crippen LogP contribution in [0.4, 0.5) is 11.6 Å². The highest BCUT2D eigenvalue weighted by Gasteiger charge is 2.12. The molecule has 1 amide bonds.